The third-order valence-electron chi connectivity index (χ3n) is 4.20. The quantitative estimate of drug-likeness (QED) is 0.695. The molecular formula is C20H22N4O2. The lowest BCUT2D eigenvalue weighted by molar-refractivity contribution is -0.122. The zero-order valence-corrected chi connectivity index (χ0v) is 14.9. The zero-order chi connectivity index (χ0) is 18.5. The van der Waals surface area contributed by atoms with E-state index in [2.05, 4.69) is 10.9 Å². The summed E-state index contributed by atoms with van der Waals surface area (Å²) < 4.78 is 2.03. The van der Waals surface area contributed by atoms with Crippen molar-refractivity contribution in [2.24, 2.45) is 0 Å². The summed E-state index contributed by atoms with van der Waals surface area (Å²) in [4.78, 5) is 26.1. The van der Waals surface area contributed by atoms with Crippen molar-refractivity contribution in [1.82, 2.24) is 15.4 Å². The first kappa shape index (κ1) is 17.5. The number of nitrogens with one attached hydrogen (secondary N) is 2. The van der Waals surface area contributed by atoms with Crippen LogP contribution in [0.2, 0.25) is 0 Å². The van der Waals surface area contributed by atoms with Crippen LogP contribution in [0.15, 0.2) is 60.8 Å². The van der Waals surface area contributed by atoms with Crippen LogP contribution in [0.4, 0.5) is 5.69 Å². The minimum Gasteiger partial charge on any atom is -0.378 e. The lowest BCUT2D eigenvalue weighted by Crippen LogP contribution is -2.41. The van der Waals surface area contributed by atoms with Gasteiger partial charge in [0.25, 0.3) is 5.91 Å². The number of hydrogen-bond acceptors (Lipinski definition) is 3. The van der Waals surface area contributed by atoms with Crippen molar-refractivity contribution in [1.29, 1.82) is 0 Å². The second-order valence-electron chi connectivity index (χ2n) is 6.27. The number of benzene rings is 2. The van der Waals surface area contributed by atoms with E-state index in [1.165, 1.54) is 0 Å². The van der Waals surface area contributed by atoms with E-state index in [9.17, 15) is 9.59 Å². The highest BCUT2D eigenvalue weighted by molar-refractivity contribution is 5.96. The van der Waals surface area contributed by atoms with Crippen LogP contribution in [0.5, 0.6) is 0 Å². The van der Waals surface area contributed by atoms with E-state index in [1.54, 1.807) is 12.1 Å². The van der Waals surface area contributed by atoms with E-state index in [-0.39, 0.29) is 18.2 Å². The lowest BCUT2D eigenvalue weighted by atomic mass is 10.2. The number of amides is 2. The molecule has 0 bridgehead atoms. The molecule has 0 radical (unpaired) electrons. The van der Waals surface area contributed by atoms with Gasteiger partial charge in [-0.25, -0.2) is 0 Å². The molecule has 3 aromatic rings. The predicted octanol–water partition coefficient (Wildman–Crippen LogP) is 2.56. The van der Waals surface area contributed by atoms with Gasteiger partial charge in [-0.3, -0.25) is 20.4 Å². The average Bonchev–Trinajstić information content (AvgIpc) is 3.07. The van der Waals surface area contributed by atoms with Gasteiger partial charge in [-0.1, -0.05) is 24.3 Å². The Kier molecular flexibility index (Phi) is 5.22. The first-order chi connectivity index (χ1) is 12.5. The van der Waals surface area contributed by atoms with Crippen LogP contribution in [0.1, 0.15) is 16.8 Å². The van der Waals surface area contributed by atoms with Gasteiger partial charge < -0.3 is 9.47 Å². The van der Waals surface area contributed by atoms with E-state index in [0.717, 1.165) is 16.6 Å². The van der Waals surface area contributed by atoms with Crippen molar-refractivity contribution < 1.29 is 9.59 Å². The van der Waals surface area contributed by atoms with Crippen molar-refractivity contribution in [2.75, 3.05) is 19.0 Å². The maximum absolute atomic E-state index is 12.2. The van der Waals surface area contributed by atoms with Crippen LogP contribution in [0.25, 0.3) is 10.9 Å². The average molecular weight is 350 g/mol. The summed E-state index contributed by atoms with van der Waals surface area (Å²) in [5.41, 5.74) is 7.44. The fraction of sp³-hybridized carbons (Fsp3) is 0.200. The molecule has 1 aromatic heterocycles. The van der Waals surface area contributed by atoms with Gasteiger partial charge in [0.1, 0.15) is 0 Å². The van der Waals surface area contributed by atoms with Crippen LogP contribution in [-0.4, -0.2) is 30.5 Å². The number of aryl methyl sites for hydroxylation is 1. The molecule has 134 valence electrons. The third kappa shape index (κ3) is 4.03. The second kappa shape index (κ2) is 7.74. The van der Waals surface area contributed by atoms with E-state index in [0.29, 0.717) is 12.1 Å². The number of fused-ring (bicyclic) bond motifs is 1. The Hall–Kier alpha value is -3.28. The summed E-state index contributed by atoms with van der Waals surface area (Å²) in [6.45, 7) is 0.547. The molecule has 0 aliphatic carbocycles. The van der Waals surface area contributed by atoms with E-state index in [1.807, 2.05) is 72.2 Å². The molecule has 0 fully saturated rings. The molecule has 26 heavy (non-hydrogen) atoms. The smallest absolute Gasteiger partial charge is 0.269 e. The van der Waals surface area contributed by atoms with E-state index in [4.69, 9.17) is 0 Å². The largest absolute Gasteiger partial charge is 0.378 e. The summed E-state index contributed by atoms with van der Waals surface area (Å²) in [5, 5.41) is 1.14. The third-order valence-corrected chi connectivity index (χ3v) is 4.20. The van der Waals surface area contributed by atoms with Gasteiger partial charge in [0.05, 0.1) is 0 Å². The van der Waals surface area contributed by atoms with Crippen molar-refractivity contribution in [3.63, 3.8) is 0 Å². The number of rotatable bonds is 5. The number of nitrogens with zero attached hydrogens (tertiary/aromatic N) is 2. The molecule has 2 N–H and O–H groups in total. The molecule has 0 saturated heterocycles. The Balaban J connectivity index is 1.52. The van der Waals surface area contributed by atoms with Crippen LogP contribution in [0.3, 0.4) is 0 Å². The van der Waals surface area contributed by atoms with Crippen molar-refractivity contribution >= 4 is 28.4 Å². The molecule has 1 heterocycles. The molecule has 0 saturated carbocycles. The first-order valence-electron chi connectivity index (χ1n) is 8.45. The summed E-state index contributed by atoms with van der Waals surface area (Å²) in [6.07, 6.45) is 2.24. The fourth-order valence-corrected chi connectivity index (χ4v) is 2.74. The number of hydrazine groups is 1. The molecule has 0 aliphatic rings. The number of hydrogen-bond donors (Lipinski definition) is 2. The molecule has 6 nitrogen and oxygen atoms in total. The lowest BCUT2D eigenvalue weighted by Gasteiger charge is -2.13. The Labute approximate surface area is 152 Å². The Morgan fingerprint density at radius 1 is 1.00 bits per heavy atom. The van der Waals surface area contributed by atoms with Gasteiger partial charge >= 0.3 is 0 Å². The summed E-state index contributed by atoms with van der Waals surface area (Å²) in [6, 6.07) is 17.2. The van der Waals surface area contributed by atoms with Gasteiger partial charge in [-0.2, -0.15) is 0 Å². The predicted molar refractivity (Wildman–Crippen MR) is 103 cm³/mol. The summed E-state index contributed by atoms with van der Waals surface area (Å²) in [7, 11) is 3.81. The SMILES string of the molecule is CN(C)c1cccc(C(=O)NNC(=O)CCn2ccc3ccccc32)c1. The molecule has 0 spiro atoms. The maximum atomic E-state index is 12.2. The minimum absolute atomic E-state index is 0.236. The number of carbonyl (C=O) groups is 2. The molecule has 6 heteroatoms. The van der Waals surface area contributed by atoms with Gasteiger partial charge in [-0.15, -0.1) is 0 Å². The van der Waals surface area contributed by atoms with Gasteiger partial charge in [0, 0.05) is 50.0 Å². The number of aromatic nitrogens is 1. The second-order valence-corrected chi connectivity index (χ2v) is 6.27. The van der Waals surface area contributed by atoms with E-state index >= 15 is 0 Å². The molecule has 0 unspecified atom stereocenters. The first-order valence-corrected chi connectivity index (χ1v) is 8.45. The van der Waals surface area contributed by atoms with Crippen molar-refractivity contribution in [3.8, 4) is 0 Å². The Bertz CT molecular complexity index is 930. The number of anilines is 1. The molecule has 2 amide bonds. The Morgan fingerprint density at radius 2 is 1.81 bits per heavy atom. The summed E-state index contributed by atoms with van der Waals surface area (Å²) >= 11 is 0. The monoisotopic (exact) mass is 350 g/mol. The molecular weight excluding hydrogens is 328 g/mol. The fourth-order valence-electron chi connectivity index (χ4n) is 2.74. The maximum Gasteiger partial charge on any atom is 0.269 e. The zero-order valence-electron chi connectivity index (χ0n) is 14.9. The summed E-state index contributed by atoms with van der Waals surface area (Å²) in [5.74, 6) is -0.576. The number of para-hydroxylation sites is 1. The van der Waals surface area contributed by atoms with Gasteiger partial charge in [-0.05, 0) is 35.7 Å². The number of carbonyl (C=O) groups excluding carboxylic acids is 2. The van der Waals surface area contributed by atoms with Crippen LogP contribution < -0.4 is 15.8 Å². The Morgan fingerprint density at radius 3 is 2.62 bits per heavy atom. The molecule has 3 rings (SSSR count). The highest BCUT2D eigenvalue weighted by atomic mass is 16.2. The van der Waals surface area contributed by atoms with E-state index < -0.39 is 0 Å². The molecule has 2 aromatic carbocycles. The minimum atomic E-state index is -0.339. The van der Waals surface area contributed by atoms with Gasteiger partial charge in [0.15, 0.2) is 0 Å². The highest BCUT2D eigenvalue weighted by Gasteiger charge is 2.09. The van der Waals surface area contributed by atoms with Crippen LogP contribution >= 0.6 is 0 Å². The topological polar surface area (TPSA) is 66.4 Å². The molecule has 0 atom stereocenters. The van der Waals surface area contributed by atoms with Crippen molar-refractivity contribution in [3.05, 3.63) is 66.4 Å². The van der Waals surface area contributed by atoms with Crippen LogP contribution in [0, 0.1) is 0 Å². The standard InChI is InChI=1S/C20H22N4O2/c1-23(2)17-8-5-7-16(14-17)20(26)22-21-19(25)11-13-24-12-10-15-6-3-4-9-18(15)24/h3-10,12,14H,11,13H2,1-2H3,(H,21,25)(H,22,26). The normalized spacial score (nSPS) is 10.5. The van der Waals surface area contributed by atoms with Crippen molar-refractivity contribution in [2.45, 2.75) is 13.0 Å². The highest BCUT2D eigenvalue weighted by Crippen LogP contribution is 2.15. The molecule has 0 aliphatic heterocycles. The van der Waals surface area contributed by atoms with Crippen LogP contribution in [-0.2, 0) is 11.3 Å². The van der Waals surface area contributed by atoms with Gasteiger partial charge in [0.2, 0.25) is 5.91 Å².